The molecule has 1 N–H and O–H groups in total. The van der Waals surface area contributed by atoms with Gasteiger partial charge in [0.15, 0.2) is 17.2 Å². The van der Waals surface area contributed by atoms with E-state index in [9.17, 15) is 13.2 Å². The Labute approximate surface area is 205 Å². The van der Waals surface area contributed by atoms with E-state index in [1.807, 2.05) is 32.0 Å². The molecule has 3 rings (SSSR count). The van der Waals surface area contributed by atoms with Crippen LogP contribution in [-0.2, 0) is 14.8 Å². The van der Waals surface area contributed by atoms with Gasteiger partial charge >= 0.3 is 0 Å². The van der Waals surface area contributed by atoms with Gasteiger partial charge in [-0.25, -0.2) is 8.42 Å². The van der Waals surface area contributed by atoms with Crippen molar-refractivity contribution in [2.75, 3.05) is 29.5 Å². The maximum atomic E-state index is 13.0. The normalized spacial score (nSPS) is 11.2. The number of ether oxygens (including phenoxy) is 2. The van der Waals surface area contributed by atoms with Crippen LogP contribution in [0, 0.1) is 0 Å². The lowest BCUT2D eigenvalue weighted by molar-refractivity contribution is -0.114. The van der Waals surface area contributed by atoms with E-state index in [4.69, 9.17) is 21.1 Å². The first-order chi connectivity index (χ1) is 16.1. The third-order valence-electron chi connectivity index (χ3n) is 5.02. The number of amides is 1. The molecule has 34 heavy (non-hydrogen) atoms. The minimum Gasteiger partial charge on any atom is -0.493 e. The lowest BCUT2D eigenvalue weighted by atomic mass is 10.0. The number of nitrogens with zero attached hydrogens (tertiary/aromatic N) is 1. The Morgan fingerprint density at radius 2 is 1.65 bits per heavy atom. The quantitative estimate of drug-likeness (QED) is 0.407. The van der Waals surface area contributed by atoms with Crippen LogP contribution in [0.4, 0.5) is 11.4 Å². The number of nitrogens with one attached hydrogen (secondary N) is 1. The number of sulfonamides is 1. The zero-order valence-electron chi connectivity index (χ0n) is 19.4. The minimum atomic E-state index is -3.74. The summed E-state index contributed by atoms with van der Waals surface area (Å²) in [4.78, 5) is 13.0. The highest BCUT2D eigenvalue weighted by molar-refractivity contribution is 7.92. The lowest BCUT2D eigenvalue weighted by Gasteiger charge is -2.26. The van der Waals surface area contributed by atoms with Crippen LogP contribution in [0.25, 0.3) is 0 Å². The van der Waals surface area contributed by atoms with E-state index < -0.39 is 22.5 Å². The summed E-state index contributed by atoms with van der Waals surface area (Å²) in [5, 5.41) is 3.12. The Morgan fingerprint density at radius 1 is 1.00 bits per heavy atom. The number of benzene rings is 3. The van der Waals surface area contributed by atoms with E-state index in [0.29, 0.717) is 33.6 Å². The second-order valence-electron chi connectivity index (χ2n) is 7.92. The van der Waals surface area contributed by atoms with Crippen LogP contribution < -0.4 is 19.1 Å². The Kier molecular flexibility index (Phi) is 8.06. The van der Waals surface area contributed by atoms with Gasteiger partial charge < -0.3 is 14.8 Å². The van der Waals surface area contributed by atoms with Crippen molar-refractivity contribution < 1.29 is 22.7 Å². The van der Waals surface area contributed by atoms with Crippen molar-refractivity contribution in [3.63, 3.8) is 0 Å². The molecule has 0 saturated carbocycles. The predicted octanol–water partition coefficient (Wildman–Crippen LogP) is 5.67. The largest absolute Gasteiger partial charge is 0.493 e. The van der Waals surface area contributed by atoms with Crippen molar-refractivity contribution in [2.45, 2.75) is 19.8 Å². The maximum Gasteiger partial charge on any atom is 0.245 e. The molecule has 9 heteroatoms. The number of methoxy groups -OCH3 is 1. The molecule has 0 heterocycles. The van der Waals surface area contributed by atoms with E-state index in [1.165, 1.54) is 13.2 Å². The monoisotopic (exact) mass is 502 g/mol. The maximum absolute atomic E-state index is 13.0. The molecule has 0 bridgehead atoms. The first-order valence-electron chi connectivity index (χ1n) is 10.6. The molecule has 3 aromatic carbocycles. The van der Waals surface area contributed by atoms with Crippen molar-refractivity contribution in [1.29, 1.82) is 0 Å². The molecule has 0 aliphatic heterocycles. The number of hydrogen-bond acceptors (Lipinski definition) is 5. The molecule has 0 saturated heterocycles. The van der Waals surface area contributed by atoms with Gasteiger partial charge in [-0.2, -0.15) is 0 Å². The number of carbonyl (C=O) groups excluding carboxylic acids is 1. The van der Waals surface area contributed by atoms with E-state index in [2.05, 4.69) is 5.32 Å². The number of halogens is 1. The molecule has 1 amide bonds. The smallest absolute Gasteiger partial charge is 0.245 e. The van der Waals surface area contributed by atoms with Crippen LogP contribution in [0.1, 0.15) is 25.3 Å². The van der Waals surface area contributed by atoms with Gasteiger partial charge in [-0.3, -0.25) is 9.10 Å². The summed E-state index contributed by atoms with van der Waals surface area (Å²) >= 11 is 6.15. The summed E-state index contributed by atoms with van der Waals surface area (Å²) in [5.74, 6) is 0.818. The summed E-state index contributed by atoms with van der Waals surface area (Å²) in [7, 11) is -2.21. The molecule has 0 radical (unpaired) electrons. The summed E-state index contributed by atoms with van der Waals surface area (Å²) in [6.07, 6.45) is 1.08. The summed E-state index contributed by atoms with van der Waals surface area (Å²) in [5.41, 5.74) is 1.59. The molecule has 3 aromatic rings. The predicted molar refractivity (Wildman–Crippen MR) is 136 cm³/mol. The Balaban J connectivity index is 1.90. The Hall–Kier alpha value is -3.23. The second kappa shape index (κ2) is 10.8. The fourth-order valence-corrected chi connectivity index (χ4v) is 4.46. The zero-order valence-corrected chi connectivity index (χ0v) is 21.0. The molecule has 0 unspecified atom stereocenters. The highest BCUT2D eigenvalue weighted by atomic mass is 35.5. The highest BCUT2D eigenvalue weighted by Gasteiger charge is 2.24. The van der Waals surface area contributed by atoms with Crippen molar-refractivity contribution in [3.05, 3.63) is 77.3 Å². The van der Waals surface area contributed by atoms with Crippen LogP contribution in [0.5, 0.6) is 17.2 Å². The number of rotatable bonds is 9. The van der Waals surface area contributed by atoms with Crippen molar-refractivity contribution in [2.24, 2.45) is 0 Å². The molecular weight excluding hydrogens is 476 g/mol. The first-order valence-corrected chi connectivity index (χ1v) is 12.8. The van der Waals surface area contributed by atoms with Crippen LogP contribution in [0.15, 0.2) is 66.7 Å². The van der Waals surface area contributed by atoms with Gasteiger partial charge in [0.2, 0.25) is 15.9 Å². The SMILES string of the molecule is COc1ccccc1Oc1ccc(Cl)cc1NC(=O)CN(c1ccccc1C(C)C)S(C)(=O)=O. The van der Waals surface area contributed by atoms with Crippen LogP contribution >= 0.6 is 11.6 Å². The van der Waals surface area contributed by atoms with Gasteiger partial charge in [-0.15, -0.1) is 0 Å². The summed E-state index contributed by atoms with van der Waals surface area (Å²) in [6, 6.07) is 19.0. The summed E-state index contributed by atoms with van der Waals surface area (Å²) < 4.78 is 37.6. The number of para-hydroxylation sites is 3. The fraction of sp³-hybridized carbons (Fsp3) is 0.240. The van der Waals surface area contributed by atoms with Gasteiger partial charge in [0.25, 0.3) is 0 Å². The van der Waals surface area contributed by atoms with Gasteiger partial charge in [0.1, 0.15) is 6.54 Å². The number of carbonyl (C=O) groups is 1. The molecule has 0 aliphatic rings. The minimum absolute atomic E-state index is 0.0669. The van der Waals surface area contributed by atoms with Crippen molar-refractivity contribution in [1.82, 2.24) is 0 Å². The molecule has 0 aliphatic carbocycles. The molecular formula is C25H27ClN2O5S. The standard InChI is InChI=1S/C25H27ClN2O5S/c1-17(2)19-9-5-6-10-21(19)28(34(4,30)31)16-25(29)27-20-15-18(26)13-14-22(20)33-24-12-8-7-11-23(24)32-3/h5-15,17H,16H2,1-4H3,(H,27,29). The highest BCUT2D eigenvalue weighted by Crippen LogP contribution is 2.36. The van der Waals surface area contributed by atoms with E-state index >= 15 is 0 Å². The van der Waals surface area contributed by atoms with Crippen LogP contribution in [0.2, 0.25) is 5.02 Å². The topological polar surface area (TPSA) is 84.9 Å². The van der Waals surface area contributed by atoms with Gasteiger partial charge in [0.05, 0.1) is 24.7 Å². The summed E-state index contributed by atoms with van der Waals surface area (Å²) in [6.45, 7) is 3.52. The number of hydrogen-bond donors (Lipinski definition) is 1. The molecule has 7 nitrogen and oxygen atoms in total. The van der Waals surface area contributed by atoms with E-state index in [1.54, 1.807) is 42.5 Å². The molecule has 0 spiro atoms. The Bertz CT molecular complexity index is 1280. The van der Waals surface area contributed by atoms with Crippen molar-refractivity contribution in [3.8, 4) is 17.2 Å². The number of anilines is 2. The third-order valence-corrected chi connectivity index (χ3v) is 6.38. The van der Waals surface area contributed by atoms with Crippen LogP contribution in [-0.4, -0.2) is 34.2 Å². The van der Waals surface area contributed by atoms with E-state index in [-0.39, 0.29) is 5.92 Å². The average molecular weight is 503 g/mol. The first kappa shape index (κ1) is 25.4. The second-order valence-corrected chi connectivity index (χ2v) is 10.3. The average Bonchev–Trinajstić information content (AvgIpc) is 2.79. The molecule has 180 valence electrons. The lowest BCUT2D eigenvalue weighted by Crippen LogP contribution is -2.38. The van der Waals surface area contributed by atoms with Gasteiger partial charge in [-0.1, -0.05) is 55.8 Å². The van der Waals surface area contributed by atoms with Gasteiger partial charge in [0, 0.05) is 5.02 Å². The Morgan fingerprint density at radius 3 is 2.29 bits per heavy atom. The third kappa shape index (κ3) is 6.21. The molecule has 0 aromatic heterocycles. The zero-order chi connectivity index (χ0) is 24.9. The fourth-order valence-electron chi connectivity index (χ4n) is 3.41. The van der Waals surface area contributed by atoms with Gasteiger partial charge in [-0.05, 0) is 47.9 Å². The van der Waals surface area contributed by atoms with Crippen molar-refractivity contribution >= 4 is 38.9 Å². The van der Waals surface area contributed by atoms with Crippen LogP contribution in [0.3, 0.4) is 0 Å². The molecule has 0 fully saturated rings. The molecule has 0 atom stereocenters. The van der Waals surface area contributed by atoms with E-state index in [0.717, 1.165) is 16.1 Å².